The second kappa shape index (κ2) is 3.76. The molecule has 0 fully saturated rings. The van der Waals surface area contributed by atoms with Crippen LogP contribution in [0.15, 0.2) is 28.2 Å². The number of sulfonamides is 1. The standard InChI is InChI=1S/C9H11N3O3S/c1-7-2-3-9(16(10,13)14)8(4-7)12-6-15-5-11-12/h2-5H,6H2,1H3,(H2,10,13,14). The lowest BCUT2D eigenvalue weighted by Crippen LogP contribution is -2.20. The normalized spacial score (nSPS) is 15.2. The Balaban J connectivity index is 2.57. The molecule has 0 bridgehead atoms. The van der Waals surface area contributed by atoms with Gasteiger partial charge in [-0.1, -0.05) is 6.07 Å². The van der Waals surface area contributed by atoms with E-state index in [1.54, 1.807) is 12.1 Å². The quantitative estimate of drug-likeness (QED) is 0.811. The van der Waals surface area contributed by atoms with Gasteiger partial charge in [0.25, 0.3) is 0 Å². The summed E-state index contributed by atoms with van der Waals surface area (Å²) < 4.78 is 27.7. The van der Waals surface area contributed by atoms with Gasteiger partial charge in [-0.05, 0) is 24.6 Å². The first-order valence-corrected chi connectivity index (χ1v) is 6.08. The molecule has 86 valence electrons. The van der Waals surface area contributed by atoms with Crippen molar-refractivity contribution >= 4 is 22.1 Å². The number of nitrogens with zero attached hydrogens (tertiary/aromatic N) is 2. The van der Waals surface area contributed by atoms with Gasteiger partial charge in [0, 0.05) is 0 Å². The number of nitrogens with two attached hydrogens (primary N) is 1. The maximum Gasteiger partial charge on any atom is 0.240 e. The van der Waals surface area contributed by atoms with Crippen LogP contribution < -0.4 is 10.1 Å². The first-order chi connectivity index (χ1) is 7.48. The van der Waals surface area contributed by atoms with Gasteiger partial charge < -0.3 is 4.74 Å². The Bertz CT molecular complexity index is 539. The molecule has 0 saturated heterocycles. The fraction of sp³-hybridized carbons (Fsp3) is 0.222. The number of anilines is 1. The summed E-state index contributed by atoms with van der Waals surface area (Å²) in [6, 6.07) is 4.85. The molecule has 0 saturated carbocycles. The van der Waals surface area contributed by atoms with Gasteiger partial charge in [0.2, 0.25) is 10.0 Å². The molecule has 0 aliphatic carbocycles. The zero-order chi connectivity index (χ0) is 11.8. The molecule has 1 aliphatic heterocycles. The summed E-state index contributed by atoms with van der Waals surface area (Å²) in [5, 5.41) is 10.5. The van der Waals surface area contributed by atoms with Gasteiger partial charge in [-0.3, -0.25) is 0 Å². The zero-order valence-corrected chi connectivity index (χ0v) is 9.44. The number of hydrogen-bond acceptors (Lipinski definition) is 5. The molecule has 0 radical (unpaired) electrons. The monoisotopic (exact) mass is 241 g/mol. The third-order valence-corrected chi connectivity index (χ3v) is 3.12. The average molecular weight is 241 g/mol. The lowest BCUT2D eigenvalue weighted by Gasteiger charge is -2.15. The fourth-order valence-corrected chi connectivity index (χ4v) is 2.14. The van der Waals surface area contributed by atoms with Gasteiger partial charge in [-0.25, -0.2) is 18.6 Å². The largest absolute Gasteiger partial charge is 0.459 e. The van der Waals surface area contributed by atoms with E-state index in [-0.39, 0.29) is 11.6 Å². The molecule has 16 heavy (non-hydrogen) atoms. The fourth-order valence-electron chi connectivity index (χ4n) is 1.43. The van der Waals surface area contributed by atoms with Crippen molar-refractivity contribution in [2.45, 2.75) is 11.8 Å². The van der Waals surface area contributed by atoms with Gasteiger partial charge in [0.15, 0.2) is 13.1 Å². The van der Waals surface area contributed by atoms with Gasteiger partial charge >= 0.3 is 0 Å². The predicted octanol–water partition coefficient (Wildman–Crippen LogP) is 0.380. The number of rotatable bonds is 2. The summed E-state index contributed by atoms with van der Waals surface area (Å²) in [6.45, 7) is 2.04. The molecule has 1 aliphatic rings. The van der Waals surface area contributed by atoms with Crippen LogP contribution in [0.2, 0.25) is 0 Å². The third-order valence-electron chi connectivity index (χ3n) is 2.16. The van der Waals surface area contributed by atoms with Crippen molar-refractivity contribution in [2.24, 2.45) is 10.2 Å². The Kier molecular flexibility index (Phi) is 2.56. The molecule has 2 N–H and O–H groups in total. The second-order valence-electron chi connectivity index (χ2n) is 3.43. The van der Waals surface area contributed by atoms with E-state index >= 15 is 0 Å². The second-order valence-corrected chi connectivity index (χ2v) is 4.96. The molecule has 0 spiro atoms. The van der Waals surface area contributed by atoms with Crippen LogP contribution in [-0.4, -0.2) is 21.5 Å². The highest BCUT2D eigenvalue weighted by atomic mass is 32.2. The Morgan fingerprint density at radius 3 is 2.81 bits per heavy atom. The molecule has 1 aromatic carbocycles. The maximum atomic E-state index is 11.4. The zero-order valence-electron chi connectivity index (χ0n) is 8.62. The summed E-state index contributed by atoms with van der Waals surface area (Å²) in [4.78, 5) is 0.0424. The average Bonchev–Trinajstić information content (AvgIpc) is 2.68. The van der Waals surface area contributed by atoms with Crippen LogP contribution in [0.4, 0.5) is 5.69 Å². The molecular formula is C9H11N3O3S. The Morgan fingerprint density at radius 1 is 1.50 bits per heavy atom. The lowest BCUT2D eigenvalue weighted by atomic mass is 10.2. The lowest BCUT2D eigenvalue weighted by molar-refractivity contribution is 0.349. The van der Waals surface area contributed by atoms with Crippen LogP contribution in [-0.2, 0) is 14.8 Å². The van der Waals surface area contributed by atoms with Gasteiger partial charge in [0.05, 0.1) is 5.69 Å². The summed E-state index contributed by atoms with van der Waals surface area (Å²) in [5.41, 5.74) is 1.35. The number of ether oxygens (including phenoxy) is 1. The number of hydrogen-bond donors (Lipinski definition) is 1. The van der Waals surface area contributed by atoms with E-state index in [9.17, 15) is 8.42 Å². The Morgan fingerprint density at radius 2 is 2.25 bits per heavy atom. The van der Waals surface area contributed by atoms with Crippen molar-refractivity contribution in [3.63, 3.8) is 0 Å². The topological polar surface area (TPSA) is 85.0 Å². The minimum absolute atomic E-state index is 0.0424. The molecule has 2 rings (SSSR count). The van der Waals surface area contributed by atoms with Crippen molar-refractivity contribution in [1.29, 1.82) is 0 Å². The molecule has 7 heteroatoms. The van der Waals surface area contributed by atoms with Crippen LogP contribution in [0.25, 0.3) is 0 Å². The van der Waals surface area contributed by atoms with Crippen LogP contribution in [0.3, 0.4) is 0 Å². The van der Waals surface area contributed by atoms with Crippen LogP contribution in [0, 0.1) is 6.92 Å². The van der Waals surface area contributed by atoms with Gasteiger partial charge in [-0.15, -0.1) is 5.10 Å². The summed E-state index contributed by atoms with van der Waals surface area (Å²) >= 11 is 0. The number of benzene rings is 1. The highest BCUT2D eigenvalue weighted by molar-refractivity contribution is 7.89. The smallest absolute Gasteiger partial charge is 0.240 e. The van der Waals surface area contributed by atoms with Crippen LogP contribution >= 0.6 is 0 Å². The molecule has 0 amide bonds. The molecule has 6 nitrogen and oxygen atoms in total. The van der Waals surface area contributed by atoms with Crippen molar-refractivity contribution in [3.8, 4) is 0 Å². The first kappa shape index (κ1) is 10.9. The minimum atomic E-state index is -3.76. The van der Waals surface area contributed by atoms with E-state index in [2.05, 4.69) is 5.10 Å². The number of hydrazone groups is 1. The number of primary sulfonamides is 1. The predicted molar refractivity (Wildman–Crippen MR) is 59.5 cm³/mol. The van der Waals surface area contributed by atoms with Crippen molar-refractivity contribution in [2.75, 3.05) is 11.7 Å². The molecule has 0 aromatic heterocycles. The molecule has 1 heterocycles. The van der Waals surface area contributed by atoms with Crippen molar-refractivity contribution in [1.82, 2.24) is 0 Å². The van der Waals surface area contributed by atoms with E-state index in [4.69, 9.17) is 9.88 Å². The SMILES string of the molecule is Cc1ccc(S(N)(=O)=O)c(N2COC=N2)c1. The third kappa shape index (κ3) is 2.00. The molecule has 0 atom stereocenters. The van der Waals surface area contributed by atoms with Gasteiger partial charge in [0.1, 0.15) is 4.90 Å². The molecule has 1 aromatic rings. The van der Waals surface area contributed by atoms with Crippen molar-refractivity contribution in [3.05, 3.63) is 23.8 Å². The highest BCUT2D eigenvalue weighted by Gasteiger charge is 2.20. The Labute approximate surface area is 93.4 Å². The molecular weight excluding hydrogens is 230 g/mol. The Hall–Kier alpha value is -1.60. The van der Waals surface area contributed by atoms with E-state index in [0.717, 1.165) is 5.56 Å². The number of aryl methyl sites for hydroxylation is 1. The van der Waals surface area contributed by atoms with Crippen LogP contribution in [0.5, 0.6) is 0 Å². The first-order valence-electron chi connectivity index (χ1n) is 4.53. The van der Waals surface area contributed by atoms with E-state index in [1.165, 1.54) is 17.5 Å². The summed E-state index contributed by atoms with van der Waals surface area (Å²) in [6.07, 6.45) is 1.26. The summed E-state index contributed by atoms with van der Waals surface area (Å²) in [7, 11) is -3.76. The van der Waals surface area contributed by atoms with E-state index in [0.29, 0.717) is 5.69 Å². The van der Waals surface area contributed by atoms with Crippen LogP contribution in [0.1, 0.15) is 5.56 Å². The minimum Gasteiger partial charge on any atom is -0.459 e. The molecule has 0 unspecified atom stereocenters. The highest BCUT2D eigenvalue weighted by Crippen LogP contribution is 2.26. The van der Waals surface area contributed by atoms with Crippen molar-refractivity contribution < 1.29 is 13.2 Å². The summed E-state index contributed by atoms with van der Waals surface area (Å²) in [5.74, 6) is 0. The maximum absolute atomic E-state index is 11.4. The van der Waals surface area contributed by atoms with E-state index in [1.807, 2.05) is 6.92 Å². The van der Waals surface area contributed by atoms with Gasteiger partial charge in [-0.2, -0.15) is 0 Å². The van der Waals surface area contributed by atoms with E-state index < -0.39 is 10.0 Å².